The van der Waals surface area contributed by atoms with E-state index in [1.54, 1.807) is 36.5 Å². The maximum Gasteiger partial charge on any atom is 0.137 e. The van der Waals surface area contributed by atoms with Crippen LogP contribution in [0, 0.1) is 0 Å². The summed E-state index contributed by atoms with van der Waals surface area (Å²) in [6.07, 6.45) is 1.73. The Morgan fingerprint density at radius 1 is 0.842 bits per heavy atom. The summed E-state index contributed by atoms with van der Waals surface area (Å²) in [5, 5.41) is 18.7. The molecule has 94 valence electrons. The largest absolute Gasteiger partial charge is 0.508 e. The van der Waals surface area contributed by atoms with Gasteiger partial charge in [-0.05, 0) is 42.0 Å². The Morgan fingerprint density at radius 3 is 2.37 bits per heavy atom. The first-order valence-electron chi connectivity index (χ1n) is 5.86. The molecule has 4 nitrogen and oxygen atoms in total. The Labute approximate surface area is 110 Å². The molecule has 0 unspecified atom stereocenters. The fraction of sp³-hybridized carbons (Fsp3) is 0. The molecular formula is C15H12N2O2. The molecule has 4 heteroatoms. The van der Waals surface area contributed by atoms with Crippen molar-refractivity contribution in [1.82, 2.24) is 9.97 Å². The van der Waals surface area contributed by atoms with E-state index < -0.39 is 0 Å². The third-order valence-corrected chi connectivity index (χ3v) is 2.87. The molecule has 1 aromatic heterocycles. The standard InChI is InChI=1S/C15H12N2O2/c18-12-6-4-10(5-7-12)14-9-16-15(17-14)11-2-1-3-13(19)8-11/h1-9,18-19H,(H,16,17). The second-order valence-corrected chi connectivity index (χ2v) is 4.24. The zero-order valence-corrected chi connectivity index (χ0v) is 10.0. The predicted octanol–water partition coefficient (Wildman–Crippen LogP) is 3.15. The van der Waals surface area contributed by atoms with Crippen LogP contribution >= 0.6 is 0 Å². The Hall–Kier alpha value is -2.75. The van der Waals surface area contributed by atoms with E-state index in [9.17, 15) is 10.2 Å². The number of aromatic nitrogens is 2. The van der Waals surface area contributed by atoms with Gasteiger partial charge in [0.25, 0.3) is 0 Å². The molecule has 3 rings (SSSR count). The number of phenolic OH excluding ortho intramolecular Hbond substituents is 2. The van der Waals surface area contributed by atoms with Crippen LogP contribution < -0.4 is 0 Å². The summed E-state index contributed by atoms with van der Waals surface area (Å²) in [4.78, 5) is 7.49. The molecule has 0 aliphatic heterocycles. The van der Waals surface area contributed by atoms with Crippen molar-refractivity contribution in [3.05, 3.63) is 54.7 Å². The lowest BCUT2D eigenvalue weighted by atomic mass is 10.1. The molecule has 19 heavy (non-hydrogen) atoms. The monoisotopic (exact) mass is 252 g/mol. The second-order valence-electron chi connectivity index (χ2n) is 4.24. The normalized spacial score (nSPS) is 10.5. The number of nitrogens with one attached hydrogen (secondary N) is 1. The smallest absolute Gasteiger partial charge is 0.137 e. The van der Waals surface area contributed by atoms with E-state index in [1.165, 1.54) is 0 Å². The van der Waals surface area contributed by atoms with Crippen LogP contribution in [0.5, 0.6) is 11.5 Å². The van der Waals surface area contributed by atoms with Gasteiger partial charge in [0.1, 0.15) is 17.3 Å². The molecule has 0 bridgehead atoms. The number of nitrogens with zero attached hydrogens (tertiary/aromatic N) is 1. The van der Waals surface area contributed by atoms with Gasteiger partial charge in [-0.25, -0.2) is 4.98 Å². The summed E-state index contributed by atoms with van der Waals surface area (Å²) in [5.74, 6) is 1.13. The molecule has 2 aromatic carbocycles. The first-order chi connectivity index (χ1) is 9.22. The number of benzene rings is 2. The number of aromatic hydroxyl groups is 2. The van der Waals surface area contributed by atoms with Crippen molar-refractivity contribution in [3.63, 3.8) is 0 Å². The molecule has 0 saturated carbocycles. The molecular weight excluding hydrogens is 240 g/mol. The average Bonchev–Trinajstić information content (AvgIpc) is 2.89. The van der Waals surface area contributed by atoms with E-state index in [0.717, 1.165) is 16.8 Å². The lowest BCUT2D eigenvalue weighted by molar-refractivity contribution is 0.475. The highest BCUT2D eigenvalue weighted by atomic mass is 16.3. The van der Waals surface area contributed by atoms with Crippen LogP contribution in [0.15, 0.2) is 54.7 Å². The van der Waals surface area contributed by atoms with Gasteiger partial charge in [0.05, 0.1) is 11.9 Å². The fourth-order valence-corrected chi connectivity index (χ4v) is 1.91. The van der Waals surface area contributed by atoms with E-state index in [-0.39, 0.29) is 11.5 Å². The minimum absolute atomic E-state index is 0.208. The maximum absolute atomic E-state index is 9.46. The highest BCUT2D eigenvalue weighted by Crippen LogP contribution is 2.25. The van der Waals surface area contributed by atoms with Gasteiger partial charge in [0, 0.05) is 5.56 Å². The predicted molar refractivity (Wildman–Crippen MR) is 72.8 cm³/mol. The number of imidazole rings is 1. The average molecular weight is 252 g/mol. The zero-order chi connectivity index (χ0) is 13.2. The van der Waals surface area contributed by atoms with Crippen molar-refractivity contribution >= 4 is 0 Å². The van der Waals surface area contributed by atoms with E-state index in [2.05, 4.69) is 9.97 Å². The third-order valence-electron chi connectivity index (χ3n) is 2.87. The van der Waals surface area contributed by atoms with Gasteiger partial charge < -0.3 is 15.2 Å². The Morgan fingerprint density at radius 2 is 1.63 bits per heavy atom. The van der Waals surface area contributed by atoms with Gasteiger partial charge in [0.2, 0.25) is 0 Å². The number of hydrogen-bond donors (Lipinski definition) is 3. The Bertz CT molecular complexity index is 702. The van der Waals surface area contributed by atoms with Gasteiger partial charge >= 0.3 is 0 Å². The van der Waals surface area contributed by atoms with Crippen LogP contribution in [0.1, 0.15) is 0 Å². The molecule has 0 fully saturated rings. The number of phenols is 2. The van der Waals surface area contributed by atoms with Gasteiger partial charge in [0.15, 0.2) is 0 Å². The molecule has 0 atom stereocenters. The minimum atomic E-state index is 0.208. The first-order valence-corrected chi connectivity index (χ1v) is 5.86. The van der Waals surface area contributed by atoms with Crippen LogP contribution in [0.3, 0.4) is 0 Å². The molecule has 0 aliphatic carbocycles. The summed E-state index contributed by atoms with van der Waals surface area (Å²) in [6.45, 7) is 0. The Balaban J connectivity index is 1.97. The van der Waals surface area contributed by atoms with E-state index >= 15 is 0 Å². The van der Waals surface area contributed by atoms with E-state index in [4.69, 9.17) is 0 Å². The Kier molecular flexibility index (Phi) is 2.68. The zero-order valence-electron chi connectivity index (χ0n) is 10.0. The van der Waals surface area contributed by atoms with E-state index in [1.807, 2.05) is 18.2 Å². The molecule has 0 aliphatic rings. The highest BCUT2D eigenvalue weighted by molar-refractivity contribution is 5.65. The third kappa shape index (κ3) is 2.28. The lowest BCUT2D eigenvalue weighted by Gasteiger charge is -1.99. The van der Waals surface area contributed by atoms with Crippen molar-refractivity contribution < 1.29 is 10.2 Å². The molecule has 0 radical (unpaired) electrons. The molecule has 1 heterocycles. The summed E-state index contributed by atoms with van der Waals surface area (Å²) in [5.41, 5.74) is 2.63. The van der Waals surface area contributed by atoms with E-state index in [0.29, 0.717) is 5.82 Å². The van der Waals surface area contributed by atoms with Gasteiger partial charge in [-0.3, -0.25) is 0 Å². The number of hydrogen-bond acceptors (Lipinski definition) is 3. The van der Waals surface area contributed by atoms with Crippen molar-refractivity contribution in [1.29, 1.82) is 0 Å². The fourth-order valence-electron chi connectivity index (χ4n) is 1.91. The molecule has 3 N–H and O–H groups in total. The van der Waals surface area contributed by atoms with Crippen molar-refractivity contribution in [2.24, 2.45) is 0 Å². The summed E-state index contributed by atoms with van der Waals surface area (Å²) < 4.78 is 0. The molecule has 0 spiro atoms. The topological polar surface area (TPSA) is 69.1 Å². The van der Waals surface area contributed by atoms with Crippen molar-refractivity contribution in [2.45, 2.75) is 0 Å². The van der Waals surface area contributed by atoms with Gasteiger partial charge in [-0.15, -0.1) is 0 Å². The molecule has 0 amide bonds. The van der Waals surface area contributed by atoms with Gasteiger partial charge in [-0.2, -0.15) is 0 Å². The SMILES string of the molecule is Oc1ccc(-c2cnc(-c3cccc(O)c3)[nH]2)cc1. The maximum atomic E-state index is 9.46. The van der Waals surface area contributed by atoms with Crippen LogP contribution in [0.4, 0.5) is 0 Å². The number of rotatable bonds is 2. The summed E-state index contributed by atoms with van der Waals surface area (Å²) >= 11 is 0. The highest BCUT2D eigenvalue weighted by Gasteiger charge is 2.06. The number of aromatic amines is 1. The van der Waals surface area contributed by atoms with Crippen LogP contribution in [-0.4, -0.2) is 20.2 Å². The van der Waals surface area contributed by atoms with Crippen LogP contribution in [-0.2, 0) is 0 Å². The summed E-state index contributed by atoms with van der Waals surface area (Å²) in [6, 6.07) is 13.8. The number of H-pyrrole nitrogens is 1. The van der Waals surface area contributed by atoms with Crippen LogP contribution in [0.25, 0.3) is 22.6 Å². The van der Waals surface area contributed by atoms with Crippen molar-refractivity contribution in [2.75, 3.05) is 0 Å². The molecule has 0 saturated heterocycles. The van der Waals surface area contributed by atoms with Crippen molar-refractivity contribution in [3.8, 4) is 34.1 Å². The summed E-state index contributed by atoms with van der Waals surface area (Å²) in [7, 11) is 0. The minimum Gasteiger partial charge on any atom is -0.508 e. The quantitative estimate of drug-likeness (QED) is 0.656. The first kappa shape index (κ1) is 11.3. The van der Waals surface area contributed by atoms with Crippen LogP contribution in [0.2, 0.25) is 0 Å². The van der Waals surface area contributed by atoms with Gasteiger partial charge in [-0.1, -0.05) is 12.1 Å². The second kappa shape index (κ2) is 4.49. The molecule has 3 aromatic rings. The lowest BCUT2D eigenvalue weighted by Crippen LogP contribution is -1.81.